The van der Waals surface area contributed by atoms with Crippen molar-refractivity contribution in [1.82, 2.24) is 5.32 Å². The maximum absolute atomic E-state index is 13.0. The number of phosphoric ester groups is 1. The lowest BCUT2D eigenvalue weighted by Crippen LogP contribution is -2.45. The summed E-state index contributed by atoms with van der Waals surface area (Å²) in [5.41, 5.74) is 0. The van der Waals surface area contributed by atoms with E-state index in [1.807, 2.05) is 27.2 Å². The second-order valence-electron chi connectivity index (χ2n) is 21.0. The molecule has 0 bridgehead atoms. The van der Waals surface area contributed by atoms with Crippen LogP contribution in [0.4, 0.5) is 0 Å². The van der Waals surface area contributed by atoms with Gasteiger partial charge >= 0.3 is 7.82 Å². The summed E-state index contributed by atoms with van der Waals surface area (Å²) >= 11 is 0. The highest BCUT2D eigenvalue weighted by Crippen LogP contribution is 2.43. The van der Waals surface area contributed by atoms with Crippen LogP contribution in [0.5, 0.6) is 0 Å². The van der Waals surface area contributed by atoms with E-state index in [4.69, 9.17) is 9.05 Å². The number of quaternary nitrogens is 1. The van der Waals surface area contributed by atoms with Gasteiger partial charge in [0.2, 0.25) is 5.91 Å². The standard InChI is InChI=1S/C62H113N2O6P/c1-6-8-10-12-14-16-18-20-22-24-26-27-28-29-30-31-32-33-34-35-36-38-39-41-43-45-47-49-51-53-55-61(65)60(59-70-71(67,68)69-58-57-64(3,4)5)63-62(66)56-54-52-50-48-46-44-42-40-37-25-23-21-19-17-15-13-11-9-7-2/h9,11,15,17,21,23,37-40,45,47,53,55,60-61,65H,6-8,10,12-14,16,18-20,22,24-36,41-44,46,48-52,54,56-59H2,1-5H3,(H-,63,66,67,68)/p+1/b11-9-,17-15-,23-21-,39-38+,40-37-,47-45+,55-53+. The van der Waals surface area contributed by atoms with E-state index in [0.29, 0.717) is 17.4 Å². The predicted octanol–water partition coefficient (Wildman–Crippen LogP) is 18.0. The maximum atomic E-state index is 13.0. The normalized spacial score (nSPS) is 14.5. The van der Waals surface area contributed by atoms with E-state index >= 15 is 0 Å². The van der Waals surface area contributed by atoms with Crippen LogP contribution >= 0.6 is 7.82 Å². The fraction of sp³-hybridized carbons (Fsp3) is 0.758. The molecule has 71 heavy (non-hydrogen) atoms. The molecule has 0 aliphatic rings. The predicted molar refractivity (Wildman–Crippen MR) is 309 cm³/mol. The van der Waals surface area contributed by atoms with Crippen molar-refractivity contribution in [2.75, 3.05) is 40.9 Å². The van der Waals surface area contributed by atoms with Crippen molar-refractivity contribution < 1.29 is 32.9 Å². The summed E-state index contributed by atoms with van der Waals surface area (Å²) in [5, 5.41) is 13.9. The van der Waals surface area contributed by atoms with Crippen molar-refractivity contribution in [3.05, 3.63) is 85.1 Å². The van der Waals surface area contributed by atoms with E-state index in [9.17, 15) is 19.4 Å². The molecule has 412 valence electrons. The molecule has 0 spiro atoms. The smallest absolute Gasteiger partial charge is 0.387 e. The van der Waals surface area contributed by atoms with Gasteiger partial charge in [0, 0.05) is 6.42 Å². The first-order chi connectivity index (χ1) is 34.5. The Morgan fingerprint density at radius 3 is 1.30 bits per heavy atom. The molecule has 0 saturated carbocycles. The van der Waals surface area contributed by atoms with E-state index in [1.54, 1.807) is 6.08 Å². The largest absolute Gasteiger partial charge is 0.472 e. The molecule has 1 amide bonds. The minimum absolute atomic E-state index is 0.0463. The van der Waals surface area contributed by atoms with Gasteiger partial charge in [-0.2, -0.15) is 0 Å². The summed E-state index contributed by atoms with van der Waals surface area (Å²) in [6.45, 7) is 4.67. The number of allylic oxidation sites excluding steroid dienone is 13. The molecular formula is C62H114N2O6P+. The summed E-state index contributed by atoms with van der Waals surface area (Å²) in [4.78, 5) is 23.3. The number of amides is 1. The quantitative estimate of drug-likeness (QED) is 0.0243. The van der Waals surface area contributed by atoms with Crippen molar-refractivity contribution in [2.24, 2.45) is 0 Å². The third-order valence-electron chi connectivity index (χ3n) is 12.8. The summed E-state index contributed by atoms with van der Waals surface area (Å²) < 4.78 is 23.7. The molecule has 3 N–H and O–H groups in total. The lowest BCUT2D eigenvalue weighted by Gasteiger charge is -2.25. The van der Waals surface area contributed by atoms with Crippen LogP contribution in [0.3, 0.4) is 0 Å². The second kappa shape index (κ2) is 52.5. The molecule has 3 atom stereocenters. The summed E-state index contributed by atoms with van der Waals surface area (Å²) in [7, 11) is 1.53. The van der Waals surface area contributed by atoms with Gasteiger partial charge in [-0.1, -0.05) is 247 Å². The van der Waals surface area contributed by atoms with Crippen molar-refractivity contribution in [2.45, 2.75) is 264 Å². The van der Waals surface area contributed by atoms with Crippen molar-refractivity contribution >= 4 is 13.7 Å². The molecule has 0 saturated heterocycles. The number of phosphoric acid groups is 1. The van der Waals surface area contributed by atoms with Crippen LogP contribution in [-0.4, -0.2) is 73.4 Å². The van der Waals surface area contributed by atoms with Crippen LogP contribution in [0.15, 0.2) is 85.1 Å². The van der Waals surface area contributed by atoms with Crippen LogP contribution in [0.2, 0.25) is 0 Å². The van der Waals surface area contributed by atoms with E-state index in [2.05, 4.69) is 92.1 Å². The molecule has 0 rings (SSSR count). The van der Waals surface area contributed by atoms with Gasteiger partial charge in [0.05, 0.1) is 39.9 Å². The van der Waals surface area contributed by atoms with Gasteiger partial charge in [-0.25, -0.2) is 4.57 Å². The number of nitrogens with zero attached hydrogens (tertiary/aromatic N) is 1. The SMILES string of the molecule is CC/C=C\C/C=C\C/C=C\C/C=C\CCCCCCCCC(=O)NC(COP(=O)(O)OCC[N+](C)(C)C)C(O)/C=C/CC/C=C/CC/C=C/CCCCCCCCCCCCCCCCCCCCCC. The molecule has 0 aromatic heterocycles. The summed E-state index contributed by atoms with van der Waals surface area (Å²) in [5.74, 6) is -0.207. The molecule has 0 heterocycles. The number of nitrogens with one attached hydrogen (secondary N) is 1. The number of aliphatic hydroxyl groups excluding tert-OH is 1. The highest BCUT2D eigenvalue weighted by molar-refractivity contribution is 7.47. The monoisotopic (exact) mass is 1010 g/mol. The van der Waals surface area contributed by atoms with Crippen LogP contribution in [0, 0.1) is 0 Å². The van der Waals surface area contributed by atoms with Gasteiger partial charge in [-0.3, -0.25) is 13.8 Å². The molecule has 0 radical (unpaired) electrons. The van der Waals surface area contributed by atoms with Gasteiger partial charge < -0.3 is 19.8 Å². The van der Waals surface area contributed by atoms with Gasteiger partial charge in [-0.15, -0.1) is 0 Å². The minimum Gasteiger partial charge on any atom is -0.387 e. The number of likely N-dealkylation sites (N-methyl/N-ethyl adjacent to an activating group) is 1. The number of aliphatic hydroxyl groups is 1. The lowest BCUT2D eigenvalue weighted by molar-refractivity contribution is -0.870. The number of carbonyl (C=O) groups is 1. The van der Waals surface area contributed by atoms with Crippen LogP contribution in [0.25, 0.3) is 0 Å². The Bertz CT molecular complexity index is 1430. The first kappa shape index (κ1) is 68.7. The van der Waals surface area contributed by atoms with E-state index in [1.165, 1.54) is 148 Å². The highest BCUT2D eigenvalue weighted by atomic mass is 31.2. The second-order valence-corrected chi connectivity index (χ2v) is 22.4. The third kappa shape index (κ3) is 55.3. The summed E-state index contributed by atoms with van der Waals surface area (Å²) in [6, 6.07) is -0.884. The van der Waals surface area contributed by atoms with E-state index < -0.39 is 20.0 Å². The van der Waals surface area contributed by atoms with Gasteiger partial charge in [-0.05, 0) is 83.5 Å². The number of unbranched alkanes of at least 4 members (excludes halogenated alkanes) is 28. The van der Waals surface area contributed by atoms with E-state index in [0.717, 1.165) is 83.5 Å². The Morgan fingerprint density at radius 1 is 0.493 bits per heavy atom. The van der Waals surface area contributed by atoms with E-state index in [-0.39, 0.29) is 19.1 Å². The average Bonchev–Trinajstić information content (AvgIpc) is 3.33. The third-order valence-corrected chi connectivity index (χ3v) is 13.8. The number of hydrogen-bond donors (Lipinski definition) is 3. The number of hydrogen-bond acceptors (Lipinski definition) is 5. The minimum atomic E-state index is -4.37. The Balaban J connectivity index is 4.27. The molecule has 8 nitrogen and oxygen atoms in total. The highest BCUT2D eigenvalue weighted by Gasteiger charge is 2.27. The zero-order valence-corrected chi connectivity index (χ0v) is 47.8. The van der Waals surface area contributed by atoms with Crippen LogP contribution in [0.1, 0.15) is 251 Å². The first-order valence-electron chi connectivity index (χ1n) is 29.5. The fourth-order valence-electron chi connectivity index (χ4n) is 8.24. The van der Waals surface area contributed by atoms with Crippen molar-refractivity contribution in [1.29, 1.82) is 0 Å². The Labute approximate surface area is 439 Å². The molecule has 0 aliphatic carbocycles. The Hall–Kier alpha value is -2.32. The zero-order chi connectivity index (χ0) is 52.0. The topological polar surface area (TPSA) is 105 Å². The van der Waals surface area contributed by atoms with Gasteiger partial charge in [0.15, 0.2) is 0 Å². The molecule has 0 aromatic rings. The van der Waals surface area contributed by atoms with Gasteiger partial charge in [0.1, 0.15) is 13.2 Å². The molecule has 3 unspecified atom stereocenters. The Kier molecular flexibility index (Phi) is 50.8. The van der Waals surface area contributed by atoms with Crippen molar-refractivity contribution in [3.8, 4) is 0 Å². The van der Waals surface area contributed by atoms with Gasteiger partial charge in [0.25, 0.3) is 0 Å². The Morgan fingerprint density at radius 2 is 0.859 bits per heavy atom. The average molecular weight is 1010 g/mol. The molecule has 0 aromatic carbocycles. The molecule has 9 heteroatoms. The van der Waals surface area contributed by atoms with Crippen LogP contribution < -0.4 is 5.32 Å². The number of carbonyl (C=O) groups excluding carboxylic acids is 1. The maximum Gasteiger partial charge on any atom is 0.472 e. The van der Waals surface area contributed by atoms with Crippen molar-refractivity contribution in [3.63, 3.8) is 0 Å². The lowest BCUT2D eigenvalue weighted by atomic mass is 10.0. The zero-order valence-electron chi connectivity index (χ0n) is 46.9. The first-order valence-corrected chi connectivity index (χ1v) is 31.0. The summed E-state index contributed by atoms with van der Waals surface area (Å²) in [6.07, 6.45) is 74.2. The number of rotatable bonds is 53. The molecule has 0 fully saturated rings. The molecular weight excluding hydrogens is 900 g/mol. The molecule has 0 aliphatic heterocycles. The fourth-order valence-corrected chi connectivity index (χ4v) is 8.98. The van der Waals surface area contributed by atoms with Crippen LogP contribution in [-0.2, 0) is 18.4 Å².